The molecule has 0 aliphatic carbocycles. The van der Waals surface area contributed by atoms with Gasteiger partial charge in [0.1, 0.15) is 0 Å². The Morgan fingerprint density at radius 1 is 1.00 bits per heavy atom. The van der Waals surface area contributed by atoms with Gasteiger partial charge in [-0.2, -0.15) is 5.10 Å². The maximum Gasteiger partial charge on any atom is 0.337 e. The zero-order valence-corrected chi connectivity index (χ0v) is 17.2. The van der Waals surface area contributed by atoms with Crippen molar-refractivity contribution >= 4 is 40.0 Å². The monoisotopic (exact) mass is 427 g/mol. The maximum absolute atomic E-state index is 12.7. The van der Waals surface area contributed by atoms with Gasteiger partial charge in [0.25, 0.3) is 11.5 Å². The number of halogens is 1. The molecule has 0 bridgehead atoms. The first-order chi connectivity index (χ1) is 14.5. The van der Waals surface area contributed by atoms with E-state index in [2.05, 4.69) is 28.2 Å². The summed E-state index contributed by atoms with van der Waals surface area (Å²) in [5, 5.41) is 7.97. The summed E-state index contributed by atoms with van der Waals surface area (Å²) in [5.74, 6) is -0.634. The maximum atomic E-state index is 12.7. The predicted octanol–water partition coefficient (Wildman–Crippen LogP) is 3.71. The molecule has 3 amide bonds. The van der Waals surface area contributed by atoms with E-state index >= 15 is 0 Å². The summed E-state index contributed by atoms with van der Waals surface area (Å²) in [5.41, 5.74) is 4.80. The summed E-state index contributed by atoms with van der Waals surface area (Å²) in [4.78, 5) is 37.5. The number of hydrogen-bond donors (Lipinski definition) is 3. The van der Waals surface area contributed by atoms with Gasteiger partial charge >= 0.3 is 6.03 Å². The second-order valence-corrected chi connectivity index (χ2v) is 7.05. The van der Waals surface area contributed by atoms with Crippen LogP contribution in [-0.2, 0) is 6.54 Å². The lowest BCUT2D eigenvalue weighted by Crippen LogP contribution is -2.44. The predicted molar refractivity (Wildman–Crippen MR) is 117 cm³/mol. The third-order valence-corrected chi connectivity index (χ3v) is 4.80. The molecule has 0 saturated heterocycles. The number of para-hydroxylation sites is 1. The number of nitrogens with one attached hydrogen (secondary N) is 3. The van der Waals surface area contributed by atoms with E-state index < -0.39 is 11.9 Å². The van der Waals surface area contributed by atoms with Gasteiger partial charge in [-0.05, 0) is 24.6 Å². The fourth-order valence-corrected chi connectivity index (χ4v) is 3.14. The van der Waals surface area contributed by atoms with Gasteiger partial charge < -0.3 is 5.32 Å². The number of unbranched alkanes of at least 4 members (excludes halogenated alkanes) is 2. The number of rotatable bonds is 6. The molecule has 0 radical (unpaired) electrons. The zero-order valence-electron chi connectivity index (χ0n) is 16.4. The molecule has 0 atom stereocenters. The number of hydrazine groups is 1. The number of fused-ring (bicyclic) bond motifs is 1. The van der Waals surface area contributed by atoms with Crippen molar-refractivity contribution in [2.45, 2.75) is 32.7 Å². The summed E-state index contributed by atoms with van der Waals surface area (Å²) in [6.07, 6.45) is 2.73. The Bertz CT molecular complexity index is 1130. The van der Waals surface area contributed by atoms with Gasteiger partial charge in [0.2, 0.25) is 0 Å². The molecule has 30 heavy (non-hydrogen) atoms. The van der Waals surface area contributed by atoms with E-state index in [4.69, 9.17) is 11.6 Å². The lowest BCUT2D eigenvalue weighted by atomic mass is 10.1. The van der Waals surface area contributed by atoms with Crippen LogP contribution in [0, 0.1) is 0 Å². The molecule has 0 aliphatic heterocycles. The van der Waals surface area contributed by atoms with Crippen molar-refractivity contribution in [1.82, 2.24) is 20.6 Å². The average Bonchev–Trinajstić information content (AvgIpc) is 2.75. The number of aromatic nitrogens is 2. The smallest absolute Gasteiger partial charge is 0.305 e. The molecular weight excluding hydrogens is 406 g/mol. The highest BCUT2D eigenvalue weighted by Crippen LogP contribution is 2.20. The molecule has 8 nitrogen and oxygen atoms in total. The highest BCUT2D eigenvalue weighted by molar-refractivity contribution is 6.33. The van der Waals surface area contributed by atoms with Crippen LogP contribution in [0.15, 0.2) is 53.3 Å². The number of urea groups is 1. The van der Waals surface area contributed by atoms with E-state index in [1.807, 2.05) is 0 Å². The number of hydrogen-bond acceptors (Lipinski definition) is 4. The van der Waals surface area contributed by atoms with E-state index in [-0.39, 0.29) is 11.3 Å². The Morgan fingerprint density at radius 3 is 2.43 bits per heavy atom. The topological polar surface area (TPSA) is 105 Å². The lowest BCUT2D eigenvalue weighted by molar-refractivity contribution is 0.0932. The standard InChI is InChI=1S/C21H22ClN5O3/c1-2-3-8-13-27-20(29)15-10-5-4-9-14(15)18(26-27)19(28)24-25-21(30)23-17-12-7-6-11-16(17)22/h4-7,9-12H,2-3,8,13H2,1H3,(H,24,28)(H2,23,25,30). The number of nitrogens with zero attached hydrogens (tertiary/aromatic N) is 2. The van der Waals surface area contributed by atoms with Crippen molar-refractivity contribution in [3.63, 3.8) is 0 Å². The van der Waals surface area contributed by atoms with E-state index in [0.717, 1.165) is 19.3 Å². The molecule has 3 N–H and O–H groups in total. The number of amides is 3. The van der Waals surface area contributed by atoms with Crippen LogP contribution in [0.4, 0.5) is 10.5 Å². The van der Waals surface area contributed by atoms with Crippen molar-refractivity contribution in [1.29, 1.82) is 0 Å². The normalized spacial score (nSPS) is 10.6. The molecule has 1 heterocycles. The minimum Gasteiger partial charge on any atom is -0.305 e. The number of aryl methyl sites for hydroxylation is 1. The van der Waals surface area contributed by atoms with Crippen LogP contribution in [0.25, 0.3) is 10.8 Å². The summed E-state index contributed by atoms with van der Waals surface area (Å²) in [6.45, 7) is 2.48. The molecule has 3 rings (SSSR count). The average molecular weight is 428 g/mol. The molecule has 1 aromatic heterocycles. The zero-order chi connectivity index (χ0) is 21.5. The molecule has 0 spiro atoms. The first-order valence-corrected chi connectivity index (χ1v) is 10.0. The van der Waals surface area contributed by atoms with Gasteiger partial charge in [0, 0.05) is 11.9 Å². The minimum atomic E-state index is -0.669. The molecule has 9 heteroatoms. The van der Waals surface area contributed by atoms with Crippen LogP contribution in [0.1, 0.15) is 36.7 Å². The molecule has 0 fully saturated rings. The fraction of sp³-hybridized carbons (Fsp3) is 0.238. The Hall–Kier alpha value is -3.39. The summed E-state index contributed by atoms with van der Waals surface area (Å²) < 4.78 is 1.30. The quantitative estimate of drug-likeness (QED) is 0.412. The van der Waals surface area contributed by atoms with Gasteiger partial charge in [-0.15, -0.1) is 0 Å². The van der Waals surface area contributed by atoms with Gasteiger partial charge in [0.15, 0.2) is 5.69 Å². The SMILES string of the molecule is CCCCCn1nc(C(=O)NNC(=O)Nc2ccccc2Cl)c2ccccc2c1=O. The molecule has 156 valence electrons. The highest BCUT2D eigenvalue weighted by Gasteiger charge is 2.17. The van der Waals surface area contributed by atoms with Crippen LogP contribution in [0.2, 0.25) is 5.02 Å². The third-order valence-electron chi connectivity index (χ3n) is 4.47. The summed E-state index contributed by atoms with van der Waals surface area (Å²) in [7, 11) is 0. The Labute approximate surface area is 178 Å². The minimum absolute atomic E-state index is 0.0553. The summed E-state index contributed by atoms with van der Waals surface area (Å²) in [6, 6.07) is 12.8. The largest absolute Gasteiger partial charge is 0.337 e. The van der Waals surface area contributed by atoms with E-state index in [1.54, 1.807) is 48.5 Å². The van der Waals surface area contributed by atoms with Gasteiger partial charge in [-0.3, -0.25) is 15.0 Å². The highest BCUT2D eigenvalue weighted by atomic mass is 35.5. The lowest BCUT2D eigenvalue weighted by Gasteiger charge is -2.12. The van der Waals surface area contributed by atoms with E-state index in [0.29, 0.717) is 28.0 Å². The Morgan fingerprint density at radius 2 is 1.70 bits per heavy atom. The molecule has 3 aromatic rings. The van der Waals surface area contributed by atoms with Gasteiger partial charge in [-0.1, -0.05) is 61.7 Å². The van der Waals surface area contributed by atoms with Gasteiger partial charge in [-0.25, -0.2) is 14.9 Å². The number of anilines is 1. The second kappa shape index (κ2) is 9.89. The molecule has 0 unspecified atom stereocenters. The van der Waals surface area contributed by atoms with Crippen LogP contribution in [-0.4, -0.2) is 21.7 Å². The molecular formula is C21H22ClN5O3. The van der Waals surface area contributed by atoms with E-state index in [9.17, 15) is 14.4 Å². The fourth-order valence-electron chi connectivity index (χ4n) is 2.95. The van der Waals surface area contributed by atoms with Crippen LogP contribution in [0.3, 0.4) is 0 Å². The first-order valence-electron chi connectivity index (χ1n) is 9.63. The molecule has 0 saturated carbocycles. The Balaban J connectivity index is 1.78. The van der Waals surface area contributed by atoms with Crippen molar-refractivity contribution in [2.75, 3.05) is 5.32 Å². The number of benzene rings is 2. The van der Waals surface area contributed by atoms with Crippen molar-refractivity contribution in [2.24, 2.45) is 0 Å². The Kier molecular flexibility index (Phi) is 7.03. The van der Waals surface area contributed by atoms with Crippen molar-refractivity contribution in [3.05, 3.63) is 69.6 Å². The third kappa shape index (κ3) is 4.96. The number of carbonyl (C=O) groups excluding carboxylic acids is 2. The second-order valence-electron chi connectivity index (χ2n) is 6.64. The van der Waals surface area contributed by atoms with Crippen molar-refractivity contribution in [3.8, 4) is 0 Å². The van der Waals surface area contributed by atoms with Gasteiger partial charge in [0.05, 0.1) is 16.1 Å². The summed E-state index contributed by atoms with van der Waals surface area (Å²) >= 11 is 6.00. The number of carbonyl (C=O) groups is 2. The van der Waals surface area contributed by atoms with Crippen LogP contribution in [0.5, 0.6) is 0 Å². The van der Waals surface area contributed by atoms with Crippen LogP contribution >= 0.6 is 11.6 Å². The van der Waals surface area contributed by atoms with Crippen LogP contribution < -0.4 is 21.7 Å². The molecule has 2 aromatic carbocycles. The van der Waals surface area contributed by atoms with E-state index in [1.165, 1.54) is 4.68 Å². The van der Waals surface area contributed by atoms with Crippen molar-refractivity contribution < 1.29 is 9.59 Å². The first kappa shape index (κ1) is 21.3. The molecule has 0 aliphatic rings.